The summed E-state index contributed by atoms with van der Waals surface area (Å²) in [5.41, 5.74) is 4.64. The van der Waals surface area contributed by atoms with E-state index in [0.29, 0.717) is 27.9 Å². The van der Waals surface area contributed by atoms with E-state index in [0.717, 1.165) is 21.4 Å². The minimum absolute atomic E-state index is 0.0974. The summed E-state index contributed by atoms with van der Waals surface area (Å²) in [5.74, 6) is -0.774. The standard InChI is InChI=1S/C21H23N3O4/c1-10-8-9-16(17-12(3)11(2)14(5)24(27)19(10)17)20(26)18-13(4)22-23(7)21(18)28-15(6)25/h8-9H,1-7H3. The molecule has 0 N–H and O–H groups in total. The van der Waals surface area contributed by atoms with Crippen LogP contribution in [0, 0.1) is 39.8 Å². The second-order valence-electron chi connectivity index (χ2n) is 7.10. The molecule has 0 aliphatic rings. The van der Waals surface area contributed by atoms with E-state index in [1.54, 1.807) is 33.0 Å². The summed E-state index contributed by atoms with van der Waals surface area (Å²) in [4.78, 5) is 25.0. The van der Waals surface area contributed by atoms with Crippen molar-refractivity contribution in [2.45, 2.75) is 41.5 Å². The van der Waals surface area contributed by atoms with Gasteiger partial charge in [-0.1, -0.05) is 6.07 Å². The molecule has 3 rings (SSSR count). The van der Waals surface area contributed by atoms with Gasteiger partial charge in [-0.2, -0.15) is 9.83 Å². The molecule has 2 heterocycles. The van der Waals surface area contributed by atoms with Gasteiger partial charge in [-0.25, -0.2) is 4.68 Å². The van der Waals surface area contributed by atoms with Gasteiger partial charge in [0.1, 0.15) is 5.56 Å². The van der Waals surface area contributed by atoms with Gasteiger partial charge in [0.2, 0.25) is 17.2 Å². The molecule has 0 fully saturated rings. The van der Waals surface area contributed by atoms with Crippen LogP contribution in [0.4, 0.5) is 0 Å². The number of rotatable bonds is 3. The summed E-state index contributed by atoms with van der Waals surface area (Å²) >= 11 is 0. The van der Waals surface area contributed by atoms with E-state index in [9.17, 15) is 14.8 Å². The SMILES string of the molecule is CC(=O)Oc1c(C(=O)c2ccc(C)c3c2c(C)c(C)c(C)[n+]3[O-])c(C)nn1C. The van der Waals surface area contributed by atoms with Crippen molar-refractivity contribution in [3.8, 4) is 5.88 Å². The van der Waals surface area contributed by atoms with E-state index in [1.165, 1.54) is 11.6 Å². The lowest BCUT2D eigenvalue weighted by molar-refractivity contribution is -0.584. The quantitative estimate of drug-likeness (QED) is 0.301. The first kappa shape index (κ1) is 19.5. The van der Waals surface area contributed by atoms with Crippen LogP contribution >= 0.6 is 0 Å². The normalized spacial score (nSPS) is 11.1. The second-order valence-corrected chi connectivity index (χ2v) is 7.10. The van der Waals surface area contributed by atoms with E-state index < -0.39 is 5.97 Å². The monoisotopic (exact) mass is 381 g/mol. The molecule has 1 aromatic carbocycles. The highest BCUT2D eigenvalue weighted by atomic mass is 16.5. The van der Waals surface area contributed by atoms with Crippen molar-refractivity contribution >= 4 is 22.7 Å². The number of esters is 1. The fraction of sp³-hybridized carbons (Fsp3) is 0.333. The van der Waals surface area contributed by atoms with Gasteiger partial charge in [0.05, 0.1) is 11.1 Å². The van der Waals surface area contributed by atoms with Crippen LogP contribution in [-0.2, 0) is 11.8 Å². The minimum Gasteiger partial charge on any atom is -0.618 e. The first-order valence-corrected chi connectivity index (χ1v) is 8.95. The number of aryl methyl sites for hydroxylation is 4. The van der Waals surface area contributed by atoms with Crippen LogP contribution in [0.25, 0.3) is 10.9 Å². The number of carbonyl (C=O) groups excluding carboxylic acids is 2. The van der Waals surface area contributed by atoms with Crippen LogP contribution < -0.4 is 9.47 Å². The Balaban J connectivity index is 2.37. The van der Waals surface area contributed by atoms with Gasteiger partial charge >= 0.3 is 5.97 Å². The molecular formula is C21H23N3O4. The zero-order valence-corrected chi connectivity index (χ0v) is 17.1. The molecule has 2 aromatic heterocycles. The number of fused-ring (bicyclic) bond motifs is 1. The number of ketones is 1. The van der Waals surface area contributed by atoms with Crippen LogP contribution in [0.15, 0.2) is 12.1 Å². The summed E-state index contributed by atoms with van der Waals surface area (Å²) in [5, 5.41) is 17.7. The van der Waals surface area contributed by atoms with Gasteiger partial charge in [-0.15, -0.1) is 0 Å². The smallest absolute Gasteiger partial charge is 0.309 e. The van der Waals surface area contributed by atoms with Gasteiger partial charge in [0.15, 0.2) is 5.69 Å². The number of nitrogens with zero attached hydrogens (tertiary/aromatic N) is 3. The predicted molar refractivity (Wildman–Crippen MR) is 105 cm³/mol. The van der Waals surface area contributed by atoms with E-state index in [4.69, 9.17) is 4.74 Å². The fourth-order valence-corrected chi connectivity index (χ4v) is 3.59. The number of pyridine rings is 1. The van der Waals surface area contributed by atoms with E-state index in [-0.39, 0.29) is 17.2 Å². The van der Waals surface area contributed by atoms with Crippen LogP contribution in [0.1, 0.15) is 50.9 Å². The van der Waals surface area contributed by atoms with Crippen molar-refractivity contribution in [3.05, 3.63) is 56.5 Å². The molecule has 0 radical (unpaired) electrons. The van der Waals surface area contributed by atoms with Crippen molar-refractivity contribution in [1.29, 1.82) is 0 Å². The molecule has 0 saturated heterocycles. The molecule has 0 aliphatic carbocycles. The topological polar surface area (TPSA) is 88.1 Å². The summed E-state index contributed by atoms with van der Waals surface area (Å²) in [6.07, 6.45) is 0. The summed E-state index contributed by atoms with van der Waals surface area (Å²) in [6, 6.07) is 3.47. The van der Waals surface area contributed by atoms with E-state index in [2.05, 4.69) is 5.10 Å². The van der Waals surface area contributed by atoms with Crippen molar-refractivity contribution in [2.24, 2.45) is 7.05 Å². The minimum atomic E-state index is -0.536. The Bertz CT molecular complexity index is 1160. The third kappa shape index (κ3) is 2.83. The van der Waals surface area contributed by atoms with Crippen LogP contribution in [0.2, 0.25) is 0 Å². The fourth-order valence-electron chi connectivity index (χ4n) is 3.59. The van der Waals surface area contributed by atoms with Gasteiger partial charge in [-0.3, -0.25) is 9.59 Å². The van der Waals surface area contributed by atoms with Crippen molar-refractivity contribution in [3.63, 3.8) is 0 Å². The Morgan fingerprint density at radius 1 is 1.11 bits per heavy atom. The van der Waals surface area contributed by atoms with E-state index >= 15 is 0 Å². The number of ether oxygens (including phenoxy) is 1. The highest BCUT2D eigenvalue weighted by molar-refractivity contribution is 6.18. The lowest BCUT2D eigenvalue weighted by Crippen LogP contribution is -2.33. The second kappa shape index (κ2) is 6.74. The lowest BCUT2D eigenvalue weighted by atomic mass is 9.92. The maximum atomic E-state index is 13.5. The number of carbonyl (C=O) groups is 2. The maximum Gasteiger partial charge on any atom is 0.309 e. The Labute approximate surface area is 163 Å². The highest BCUT2D eigenvalue weighted by Crippen LogP contribution is 2.31. The highest BCUT2D eigenvalue weighted by Gasteiger charge is 2.28. The Kier molecular flexibility index (Phi) is 4.71. The molecule has 0 aliphatic heterocycles. The molecular weight excluding hydrogens is 358 g/mol. The first-order valence-electron chi connectivity index (χ1n) is 8.95. The number of hydrogen-bond donors (Lipinski definition) is 0. The summed E-state index contributed by atoms with van der Waals surface area (Å²) in [7, 11) is 1.61. The average molecular weight is 381 g/mol. The zero-order chi connectivity index (χ0) is 20.9. The van der Waals surface area contributed by atoms with Gasteiger partial charge in [0, 0.05) is 37.6 Å². The largest absolute Gasteiger partial charge is 0.618 e. The van der Waals surface area contributed by atoms with Crippen molar-refractivity contribution in [2.75, 3.05) is 0 Å². The van der Waals surface area contributed by atoms with Gasteiger partial charge < -0.3 is 9.94 Å². The third-order valence-electron chi connectivity index (χ3n) is 5.25. The molecule has 0 atom stereocenters. The molecule has 0 saturated carbocycles. The molecule has 0 spiro atoms. The number of benzene rings is 1. The van der Waals surface area contributed by atoms with Gasteiger partial charge in [-0.05, 0) is 39.3 Å². The van der Waals surface area contributed by atoms with Crippen LogP contribution in [0.3, 0.4) is 0 Å². The molecule has 3 aromatic rings. The third-order valence-corrected chi connectivity index (χ3v) is 5.25. The first-order chi connectivity index (χ1) is 13.1. The van der Waals surface area contributed by atoms with Crippen molar-refractivity contribution in [1.82, 2.24) is 9.78 Å². The number of aromatic nitrogens is 3. The zero-order valence-electron chi connectivity index (χ0n) is 17.1. The Morgan fingerprint density at radius 3 is 2.36 bits per heavy atom. The summed E-state index contributed by atoms with van der Waals surface area (Å²) < 4.78 is 7.50. The Morgan fingerprint density at radius 2 is 1.75 bits per heavy atom. The molecule has 146 valence electrons. The predicted octanol–water partition coefficient (Wildman–Crippen LogP) is 2.91. The van der Waals surface area contributed by atoms with E-state index in [1.807, 2.05) is 20.8 Å². The van der Waals surface area contributed by atoms with Crippen LogP contribution in [-0.4, -0.2) is 21.5 Å². The number of hydrogen-bond acceptors (Lipinski definition) is 5. The van der Waals surface area contributed by atoms with Crippen LogP contribution in [0.5, 0.6) is 5.88 Å². The lowest BCUT2D eigenvalue weighted by Gasteiger charge is -2.15. The van der Waals surface area contributed by atoms with Gasteiger partial charge in [0.25, 0.3) is 0 Å². The molecule has 0 amide bonds. The Hall–Kier alpha value is -3.22. The molecule has 7 heteroatoms. The average Bonchev–Trinajstić information content (AvgIpc) is 2.90. The summed E-state index contributed by atoms with van der Waals surface area (Å²) in [6.45, 7) is 10.4. The maximum absolute atomic E-state index is 13.5. The van der Waals surface area contributed by atoms with Crippen molar-refractivity contribution < 1.29 is 19.1 Å². The molecule has 7 nitrogen and oxygen atoms in total. The molecule has 0 unspecified atom stereocenters. The molecule has 0 bridgehead atoms. The molecule has 28 heavy (non-hydrogen) atoms.